The summed E-state index contributed by atoms with van der Waals surface area (Å²) in [6.45, 7) is 9.71. The van der Waals surface area contributed by atoms with Crippen molar-refractivity contribution in [3.63, 3.8) is 0 Å². The van der Waals surface area contributed by atoms with Crippen LogP contribution in [0.4, 0.5) is 0 Å². The maximum absolute atomic E-state index is 2.54. The van der Waals surface area contributed by atoms with Crippen molar-refractivity contribution < 1.29 is 0 Å². The molecule has 0 aliphatic heterocycles. The van der Waals surface area contributed by atoms with Gasteiger partial charge in [0.25, 0.3) is 0 Å². The van der Waals surface area contributed by atoms with Crippen molar-refractivity contribution in [2.24, 2.45) is 0 Å². The number of nitrogens with zero attached hydrogens (tertiary/aromatic N) is 2. The van der Waals surface area contributed by atoms with Crippen LogP contribution in [-0.2, 0) is 10.8 Å². The van der Waals surface area contributed by atoms with Crippen LogP contribution in [-0.4, -0.2) is 9.13 Å². The molecule has 13 rings (SSSR count). The molecule has 62 heavy (non-hydrogen) atoms. The summed E-state index contributed by atoms with van der Waals surface area (Å²) in [7, 11) is 0. The average molecular weight is 793 g/mol. The molecule has 2 nitrogen and oxygen atoms in total. The Bertz CT molecular complexity index is 3660. The normalized spacial score (nSPS) is 14.4. The lowest BCUT2D eigenvalue weighted by Crippen LogP contribution is -2.21. The van der Waals surface area contributed by atoms with Gasteiger partial charge in [-0.05, 0) is 121 Å². The highest BCUT2D eigenvalue weighted by atomic mass is 15.0. The summed E-state index contributed by atoms with van der Waals surface area (Å²) in [5, 5.41) is 5.29. The number of benzene rings is 9. The third-order valence-electron chi connectivity index (χ3n) is 14.5. The molecule has 294 valence electrons. The van der Waals surface area contributed by atoms with Crippen LogP contribution in [0, 0.1) is 0 Å². The summed E-state index contributed by atoms with van der Waals surface area (Å²) in [5.41, 5.74) is 22.1. The molecular formula is C60H44N2. The van der Waals surface area contributed by atoms with E-state index in [4.69, 9.17) is 0 Å². The molecule has 4 bridgehead atoms. The zero-order valence-electron chi connectivity index (χ0n) is 35.4. The molecule has 0 radical (unpaired) electrons. The van der Waals surface area contributed by atoms with Crippen LogP contribution in [0.3, 0.4) is 0 Å². The van der Waals surface area contributed by atoms with Gasteiger partial charge in [0.05, 0.1) is 22.1 Å². The molecule has 2 aliphatic carbocycles. The molecule has 2 heterocycles. The molecule has 0 atom stereocenters. The van der Waals surface area contributed by atoms with Gasteiger partial charge in [-0.3, -0.25) is 0 Å². The molecule has 2 aliphatic rings. The Labute approximate surface area is 362 Å². The van der Waals surface area contributed by atoms with E-state index in [1.54, 1.807) is 0 Å². The molecular weight excluding hydrogens is 749 g/mol. The van der Waals surface area contributed by atoms with Gasteiger partial charge in [0.1, 0.15) is 0 Å². The van der Waals surface area contributed by atoms with Gasteiger partial charge in [0, 0.05) is 43.7 Å². The Kier molecular flexibility index (Phi) is 7.16. The van der Waals surface area contributed by atoms with Gasteiger partial charge >= 0.3 is 0 Å². The van der Waals surface area contributed by atoms with E-state index in [0.29, 0.717) is 0 Å². The summed E-state index contributed by atoms with van der Waals surface area (Å²) in [4.78, 5) is 0. The molecule has 0 unspecified atom stereocenters. The maximum atomic E-state index is 2.54. The first kappa shape index (κ1) is 35.3. The second kappa shape index (κ2) is 12.6. The highest BCUT2D eigenvalue weighted by molar-refractivity contribution is 6.22. The minimum atomic E-state index is -0.331. The van der Waals surface area contributed by atoms with Crippen molar-refractivity contribution >= 4 is 43.6 Å². The lowest BCUT2D eigenvalue weighted by Gasteiger charge is -2.33. The van der Waals surface area contributed by atoms with Gasteiger partial charge in [-0.25, -0.2) is 0 Å². The van der Waals surface area contributed by atoms with Crippen molar-refractivity contribution in [3.8, 4) is 55.9 Å². The third-order valence-corrected chi connectivity index (χ3v) is 14.5. The molecule has 2 aromatic heterocycles. The van der Waals surface area contributed by atoms with E-state index in [1.165, 1.54) is 116 Å². The van der Waals surface area contributed by atoms with Crippen molar-refractivity contribution in [1.29, 1.82) is 0 Å². The van der Waals surface area contributed by atoms with Crippen molar-refractivity contribution in [2.45, 2.75) is 38.5 Å². The Morgan fingerprint density at radius 3 is 1.32 bits per heavy atom. The fourth-order valence-electron chi connectivity index (χ4n) is 11.5. The molecule has 2 heteroatoms. The van der Waals surface area contributed by atoms with Crippen LogP contribution in [0.25, 0.3) is 99.5 Å². The number of para-hydroxylation sites is 2. The highest BCUT2D eigenvalue weighted by Gasteiger charge is 2.36. The predicted molar refractivity (Wildman–Crippen MR) is 261 cm³/mol. The van der Waals surface area contributed by atoms with Gasteiger partial charge in [-0.2, -0.15) is 0 Å². The van der Waals surface area contributed by atoms with E-state index >= 15 is 0 Å². The maximum Gasteiger partial charge on any atom is 0.0553 e. The summed E-state index contributed by atoms with van der Waals surface area (Å²) in [5.74, 6) is 0. The van der Waals surface area contributed by atoms with Crippen LogP contribution >= 0.6 is 0 Å². The largest absolute Gasteiger partial charge is 0.309 e. The Morgan fingerprint density at radius 1 is 0.290 bits per heavy atom. The lowest BCUT2D eigenvalue weighted by molar-refractivity contribution is 0.649. The molecule has 0 saturated heterocycles. The Balaban J connectivity index is 1.23. The van der Waals surface area contributed by atoms with Crippen molar-refractivity contribution in [2.75, 3.05) is 0 Å². The van der Waals surface area contributed by atoms with Gasteiger partial charge < -0.3 is 9.13 Å². The Morgan fingerprint density at radius 2 is 0.742 bits per heavy atom. The highest BCUT2D eigenvalue weighted by Crippen LogP contribution is 2.54. The molecule has 0 fully saturated rings. The number of fused-ring (bicyclic) bond motifs is 6. The number of aromatic nitrogens is 2. The second-order valence-corrected chi connectivity index (χ2v) is 18.5. The monoisotopic (exact) mass is 792 g/mol. The van der Waals surface area contributed by atoms with E-state index in [1.807, 2.05) is 0 Å². The quantitative estimate of drug-likeness (QED) is 0.168. The van der Waals surface area contributed by atoms with Crippen molar-refractivity contribution in [3.05, 3.63) is 216 Å². The molecule has 11 aromatic rings. The number of hydrogen-bond acceptors (Lipinski definition) is 0. The van der Waals surface area contributed by atoms with E-state index in [9.17, 15) is 0 Å². The number of rotatable bonds is 4. The second-order valence-electron chi connectivity index (χ2n) is 18.5. The van der Waals surface area contributed by atoms with E-state index in [0.717, 1.165) is 5.69 Å². The minimum Gasteiger partial charge on any atom is -0.309 e. The predicted octanol–water partition coefficient (Wildman–Crippen LogP) is 15.8. The fraction of sp³-hybridized carbons (Fsp3) is 0.100. The summed E-state index contributed by atoms with van der Waals surface area (Å²) in [6, 6.07) is 73.0. The first-order chi connectivity index (χ1) is 30.3. The molecule has 0 spiro atoms. The summed E-state index contributed by atoms with van der Waals surface area (Å²) >= 11 is 0. The van der Waals surface area contributed by atoms with Gasteiger partial charge in [0.2, 0.25) is 0 Å². The van der Waals surface area contributed by atoms with Crippen LogP contribution in [0.2, 0.25) is 0 Å². The zero-order valence-corrected chi connectivity index (χ0v) is 35.4. The number of hydrogen-bond donors (Lipinski definition) is 0. The molecule has 0 amide bonds. The summed E-state index contributed by atoms with van der Waals surface area (Å²) in [6.07, 6.45) is 0. The topological polar surface area (TPSA) is 9.86 Å². The lowest BCUT2D eigenvalue weighted by atomic mass is 9.70. The van der Waals surface area contributed by atoms with E-state index in [-0.39, 0.29) is 10.8 Å². The van der Waals surface area contributed by atoms with E-state index in [2.05, 4.69) is 231 Å². The average Bonchev–Trinajstić information content (AvgIpc) is 3.84. The van der Waals surface area contributed by atoms with Crippen LogP contribution in [0.1, 0.15) is 49.9 Å². The smallest absolute Gasteiger partial charge is 0.0553 e. The molecule has 0 N–H and O–H groups in total. The fourth-order valence-corrected chi connectivity index (χ4v) is 11.5. The third kappa shape index (κ3) is 4.70. The van der Waals surface area contributed by atoms with Gasteiger partial charge in [0.15, 0.2) is 0 Å². The van der Waals surface area contributed by atoms with Gasteiger partial charge in [-0.1, -0.05) is 167 Å². The van der Waals surface area contributed by atoms with Crippen molar-refractivity contribution in [1.82, 2.24) is 9.13 Å². The molecule has 9 aromatic carbocycles. The van der Waals surface area contributed by atoms with Crippen LogP contribution in [0.5, 0.6) is 0 Å². The Hall–Kier alpha value is -7.42. The first-order valence-electron chi connectivity index (χ1n) is 21.9. The zero-order chi connectivity index (χ0) is 41.5. The van der Waals surface area contributed by atoms with E-state index < -0.39 is 0 Å². The van der Waals surface area contributed by atoms with Crippen LogP contribution < -0.4 is 0 Å². The first-order valence-corrected chi connectivity index (χ1v) is 21.9. The van der Waals surface area contributed by atoms with Crippen LogP contribution in [0.15, 0.2) is 194 Å². The SMILES string of the molecule is CC1(C)c2cccc(c2)-c2cccc3c2c2c1c(-c1cc4c5c6c(c(-c7ccccc7)ccc6n(-c6ccccc6)c5c1)C(C)(C)c1cccc-4c1)ccc2n3-c1ccccc1. The van der Waals surface area contributed by atoms with Gasteiger partial charge in [-0.15, -0.1) is 0 Å². The standard InChI is InChI=1S/C60H44N2/c1-59(2)42-22-15-20-39(34-42)48-35-40(36-52-54(48)56-51(62(52)44-25-12-7-13-26-44)31-29-46(57(56)59)37-17-8-5-9-18-37)47-30-32-50-55-53-45(38-19-14-21-41(33-38)60(3,4)58(47)55)27-16-28-49(53)61(50)43-23-10-6-11-24-43/h5-36H,1-4H3. The minimum absolute atomic E-state index is 0.276. The summed E-state index contributed by atoms with van der Waals surface area (Å²) < 4.78 is 5.02. The molecule has 0 saturated carbocycles.